The average molecular weight is 278 g/mol. The molecule has 0 aliphatic carbocycles. The van der Waals surface area contributed by atoms with Gasteiger partial charge in [0.05, 0.1) is 6.42 Å². The molecule has 0 saturated heterocycles. The highest BCUT2D eigenvalue weighted by Gasteiger charge is 2.20. The second kappa shape index (κ2) is 4.24. The topological polar surface area (TPSA) is 76.4 Å². The lowest BCUT2D eigenvalue weighted by Gasteiger charge is -2.02. The molecule has 1 aliphatic rings. The first-order chi connectivity index (χ1) is 10.3. The first-order valence-corrected chi connectivity index (χ1v) is 6.47. The van der Waals surface area contributed by atoms with E-state index in [2.05, 4.69) is 15.3 Å². The van der Waals surface area contributed by atoms with Crippen molar-refractivity contribution in [3.05, 3.63) is 47.9 Å². The smallest absolute Gasteiger partial charge is 0.234 e. The van der Waals surface area contributed by atoms with Gasteiger partial charge in [0, 0.05) is 23.6 Å². The van der Waals surface area contributed by atoms with Crippen molar-refractivity contribution in [1.82, 2.24) is 14.4 Å². The van der Waals surface area contributed by atoms with Gasteiger partial charge in [0.15, 0.2) is 6.29 Å². The summed E-state index contributed by atoms with van der Waals surface area (Å²) in [6.45, 7) is 0. The van der Waals surface area contributed by atoms with Gasteiger partial charge in [-0.25, -0.2) is 9.97 Å². The third kappa shape index (κ3) is 1.73. The van der Waals surface area contributed by atoms with Crippen molar-refractivity contribution >= 4 is 23.7 Å². The van der Waals surface area contributed by atoms with Crippen molar-refractivity contribution in [3.63, 3.8) is 0 Å². The number of aldehydes is 1. The Balaban J connectivity index is 1.93. The minimum atomic E-state index is -0.0190. The summed E-state index contributed by atoms with van der Waals surface area (Å²) in [5.41, 5.74) is 3.57. The van der Waals surface area contributed by atoms with Gasteiger partial charge in [-0.3, -0.25) is 14.0 Å². The van der Waals surface area contributed by atoms with Gasteiger partial charge in [0.25, 0.3) is 0 Å². The van der Waals surface area contributed by atoms with Crippen molar-refractivity contribution in [2.45, 2.75) is 6.42 Å². The average Bonchev–Trinajstić information content (AvgIpc) is 3.05. The van der Waals surface area contributed by atoms with Crippen LogP contribution in [0.25, 0.3) is 17.0 Å². The van der Waals surface area contributed by atoms with Crippen LogP contribution in [0.5, 0.6) is 0 Å². The van der Waals surface area contributed by atoms with E-state index in [9.17, 15) is 9.59 Å². The maximum Gasteiger partial charge on any atom is 0.234 e. The summed E-state index contributed by atoms with van der Waals surface area (Å²) >= 11 is 0. The Labute approximate surface area is 119 Å². The molecule has 3 heterocycles. The number of carbonyl (C=O) groups excluding carboxylic acids is 2. The summed E-state index contributed by atoms with van der Waals surface area (Å²) in [7, 11) is 0. The molecule has 6 heteroatoms. The normalized spacial score (nSPS) is 13.2. The fourth-order valence-corrected chi connectivity index (χ4v) is 2.61. The van der Waals surface area contributed by atoms with E-state index < -0.39 is 0 Å². The van der Waals surface area contributed by atoms with E-state index in [0.717, 1.165) is 23.1 Å². The van der Waals surface area contributed by atoms with Gasteiger partial charge in [0.1, 0.15) is 11.4 Å². The molecule has 0 radical (unpaired) electrons. The maximum absolute atomic E-state index is 11.4. The highest BCUT2D eigenvalue weighted by Crippen LogP contribution is 2.30. The minimum Gasteiger partial charge on any atom is -0.326 e. The molecule has 0 atom stereocenters. The second-order valence-corrected chi connectivity index (χ2v) is 4.85. The Kier molecular flexibility index (Phi) is 2.38. The van der Waals surface area contributed by atoms with Gasteiger partial charge in [-0.15, -0.1) is 0 Å². The largest absolute Gasteiger partial charge is 0.326 e. The molecule has 1 amide bonds. The number of hydrogen-bond acceptors (Lipinski definition) is 4. The van der Waals surface area contributed by atoms with Crippen LogP contribution >= 0.6 is 0 Å². The lowest BCUT2D eigenvalue weighted by molar-refractivity contribution is -0.115. The number of rotatable bonds is 2. The van der Waals surface area contributed by atoms with E-state index in [4.69, 9.17) is 0 Å². The quantitative estimate of drug-likeness (QED) is 0.724. The van der Waals surface area contributed by atoms with Crippen LogP contribution in [-0.2, 0) is 11.2 Å². The molecule has 1 N–H and O–H groups in total. The number of amides is 1. The molecule has 0 spiro atoms. The van der Waals surface area contributed by atoms with E-state index in [1.54, 1.807) is 22.9 Å². The van der Waals surface area contributed by atoms with E-state index in [0.29, 0.717) is 23.6 Å². The molecule has 21 heavy (non-hydrogen) atoms. The maximum atomic E-state index is 11.4. The Morgan fingerprint density at radius 1 is 1.33 bits per heavy atom. The molecular weight excluding hydrogens is 268 g/mol. The van der Waals surface area contributed by atoms with Gasteiger partial charge in [0.2, 0.25) is 11.7 Å². The van der Waals surface area contributed by atoms with Crippen molar-refractivity contribution < 1.29 is 9.59 Å². The van der Waals surface area contributed by atoms with Crippen LogP contribution in [0.1, 0.15) is 16.1 Å². The van der Waals surface area contributed by atoms with Gasteiger partial charge in [-0.05, 0) is 23.8 Å². The van der Waals surface area contributed by atoms with E-state index >= 15 is 0 Å². The molecule has 102 valence electrons. The van der Waals surface area contributed by atoms with Crippen LogP contribution in [-0.4, -0.2) is 26.6 Å². The zero-order valence-electron chi connectivity index (χ0n) is 10.9. The first-order valence-electron chi connectivity index (χ1n) is 6.47. The van der Waals surface area contributed by atoms with Crippen LogP contribution < -0.4 is 5.32 Å². The fraction of sp³-hybridized carbons (Fsp3) is 0.0667. The van der Waals surface area contributed by atoms with E-state index in [1.165, 1.54) is 0 Å². The predicted octanol–water partition coefficient (Wildman–Crippen LogP) is 1.70. The van der Waals surface area contributed by atoms with Crippen molar-refractivity contribution in [2.24, 2.45) is 0 Å². The minimum absolute atomic E-state index is 0.0190. The van der Waals surface area contributed by atoms with Gasteiger partial charge in [-0.1, -0.05) is 6.07 Å². The Hall–Kier alpha value is -3.02. The first kappa shape index (κ1) is 11.8. The van der Waals surface area contributed by atoms with Crippen molar-refractivity contribution in [1.29, 1.82) is 0 Å². The highest BCUT2D eigenvalue weighted by atomic mass is 16.1. The number of hydrogen-bond donors (Lipinski definition) is 1. The summed E-state index contributed by atoms with van der Waals surface area (Å²) in [4.78, 5) is 31.4. The Bertz CT molecular complexity index is 898. The Morgan fingerprint density at radius 3 is 3.10 bits per heavy atom. The number of aromatic nitrogens is 3. The van der Waals surface area contributed by atoms with Crippen molar-refractivity contribution in [2.75, 3.05) is 5.32 Å². The molecule has 3 aromatic rings. The standard InChI is InChI=1S/C15H10N4O2/c20-8-12-14(18-15-16-4-1-5-19(12)15)9-2-3-11-10(6-9)7-13(21)17-11/h1-6,8H,7H2,(H,17,21). The van der Waals surface area contributed by atoms with Crippen LogP contribution in [0.4, 0.5) is 5.69 Å². The predicted molar refractivity (Wildman–Crippen MR) is 76.1 cm³/mol. The number of carbonyl (C=O) groups is 2. The van der Waals surface area contributed by atoms with Gasteiger partial charge >= 0.3 is 0 Å². The summed E-state index contributed by atoms with van der Waals surface area (Å²) < 4.78 is 1.65. The molecule has 0 saturated carbocycles. The number of anilines is 1. The molecule has 0 unspecified atom stereocenters. The third-order valence-electron chi connectivity index (χ3n) is 3.56. The monoisotopic (exact) mass is 278 g/mol. The molecule has 4 rings (SSSR count). The van der Waals surface area contributed by atoms with Gasteiger partial charge in [-0.2, -0.15) is 0 Å². The zero-order chi connectivity index (χ0) is 14.4. The van der Waals surface area contributed by atoms with Crippen LogP contribution in [0.2, 0.25) is 0 Å². The summed E-state index contributed by atoms with van der Waals surface area (Å²) in [6, 6.07) is 7.32. The highest BCUT2D eigenvalue weighted by molar-refractivity contribution is 6.00. The SMILES string of the molecule is O=Cc1c(-c2ccc3c(c2)CC(=O)N3)nc2ncccn12. The summed E-state index contributed by atoms with van der Waals surface area (Å²) in [6.07, 6.45) is 4.51. The third-order valence-corrected chi connectivity index (χ3v) is 3.56. The number of benzene rings is 1. The fourth-order valence-electron chi connectivity index (χ4n) is 2.61. The molecule has 6 nitrogen and oxygen atoms in total. The zero-order valence-corrected chi connectivity index (χ0v) is 10.9. The molecule has 1 aromatic carbocycles. The van der Waals surface area contributed by atoms with E-state index in [-0.39, 0.29) is 5.91 Å². The van der Waals surface area contributed by atoms with Gasteiger partial charge < -0.3 is 5.32 Å². The molecule has 0 bridgehead atoms. The number of nitrogens with zero attached hydrogens (tertiary/aromatic N) is 3. The second-order valence-electron chi connectivity index (χ2n) is 4.85. The number of fused-ring (bicyclic) bond motifs is 2. The molecule has 1 aliphatic heterocycles. The lowest BCUT2D eigenvalue weighted by Crippen LogP contribution is -2.03. The van der Waals surface area contributed by atoms with Crippen LogP contribution in [0.3, 0.4) is 0 Å². The molecule has 0 fully saturated rings. The Morgan fingerprint density at radius 2 is 2.24 bits per heavy atom. The molecule has 2 aromatic heterocycles. The van der Waals surface area contributed by atoms with Crippen LogP contribution in [0, 0.1) is 0 Å². The number of nitrogens with one attached hydrogen (secondary N) is 1. The van der Waals surface area contributed by atoms with Crippen LogP contribution in [0.15, 0.2) is 36.7 Å². The summed E-state index contributed by atoms with van der Waals surface area (Å²) in [5.74, 6) is 0.457. The van der Waals surface area contributed by atoms with Crippen molar-refractivity contribution in [3.8, 4) is 11.3 Å². The summed E-state index contributed by atoms with van der Waals surface area (Å²) in [5, 5.41) is 2.78. The lowest BCUT2D eigenvalue weighted by atomic mass is 10.0. The number of imidazole rings is 1. The van der Waals surface area contributed by atoms with E-state index in [1.807, 2.05) is 18.2 Å². The molecular formula is C15H10N4O2.